The first-order valence-corrected chi connectivity index (χ1v) is 9.71. The lowest BCUT2D eigenvalue weighted by Crippen LogP contribution is -2.19. The molecule has 0 aliphatic rings. The number of nitrogens with one attached hydrogen (secondary N) is 1. The van der Waals surface area contributed by atoms with Gasteiger partial charge in [-0.05, 0) is 63.3 Å². The summed E-state index contributed by atoms with van der Waals surface area (Å²) in [6.45, 7) is 3.99. The third-order valence-corrected chi connectivity index (χ3v) is 4.78. The highest BCUT2D eigenvalue weighted by molar-refractivity contribution is 6.06. The quantitative estimate of drug-likeness (QED) is 0.624. The topological polar surface area (TPSA) is 37.3 Å². The number of hydrogen-bond acceptors (Lipinski definition) is 2. The highest BCUT2D eigenvalue weighted by Crippen LogP contribution is 2.22. The molecule has 27 heavy (non-hydrogen) atoms. The van der Waals surface area contributed by atoms with Crippen molar-refractivity contribution in [2.75, 3.05) is 26.0 Å². The minimum Gasteiger partial charge on any atom is -0.336 e. The Morgan fingerprint density at radius 2 is 1.81 bits per heavy atom. The van der Waals surface area contributed by atoms with Gasteiger partial charge in [0.2, 0.25) is 0 Å². The van der Waals surface area contributed by atoms with Crippen LogP contribution in [-0.4, -0.2) is 36.0 Å². The molecule has 3 rings (SSSR count). The number of anilines is 1. The molecule has 142 valence electrons. The molecule has 0 bridgehead atoms. The van der Waals surface area contributed by atoms with Crippen LogP contribution in [0, 0.1) is 0 Å². The zero-order valence-electron chi connectivity index (χ0n) is 16.5. The zero-order valence-corrected chi connectivity index (χ0v) is 16.5. The van der Waals surface area contributed by atoms with Crippen LogP contribution in [0.4, 0.5) is 5.69 Å². The van der Waals surface area contributed by atoms with Crippen LogP contribution in [0.2, 0.25) is 0 Å². The van der Waals surface area contributed by atoms with Crippen molar-refractivity contribution < 1.29 is 4.79 Å². The van der Waals surface area contributed by atoms with Crippen molar-refractivity contribution in [1.82, 2.24) is 9.47 Å². The molecule has 0 radical (unpaired) electrons. The maximum Gasteiger partial charge on any atom is 0.272 e. The van der Waals surface area contributed by atoms with Crippen LogP contribution in [0.25, 0.3) is 10.9 Å². The summed E-state index contributed by atoms with van der Waals surface area (Å²) in [5.74, 6) is -0.0562. The summed E-state index contributed by atoms with van der Waals surface area (Å²) in [5, 5.41) is 4.16. The van der Waals surface area contributed by atoms with Crippen LogP contribution < -0.4 is 5.32 Å². The molecule has 0 aliphatic carbocycles. The standard InChI is InChI=1S/C23H29N3O/c1-4-8-18-11-13-20(14-12-18)24-23(27)22-17-19-9-5-6-10-21(19)26(22)16-7-15-25(2)3/h5-6,9-14,17H,4,7-8,15-16H2,1-3H3,(H,24,27). The second-order valence-corrected chi connectivity index (χ2v) is 7.30. The molecule has 1 N–H and O–H groups in total. The summed E-state index contributed by atoms with van der Waals surface area (Å²) in [6.07, 6.45) is 3.19. The number of amides is 1. The van der Waals surface area contributed by atoms with E-state index >= 15 is 0 Å². The van der Waals surface area contributed by atoms with Crippen LogP contribution in [0.5, 0.6) is 0 Å². The van der Waals surface area contributed by atoms with Crippen LogP contribution >= 0.6 is 0 Å². The molecule has 0 spiro atoms. The fourth-order valence-corrected chi connectivity index (χ4v) is 3.42. The Kier molecular flexibility index (Phi) is 6.30. The molecule has 1 heterocycles. The van der Waals surface area contributed by atoms with Gasteiger partial charge in [-0.1, -0.05) is 43.7 Å². The number of aryl methyl sites for hydroxylation is 2. The molecule has 0 unspecified atom stereocenters. The lowest BCUT2D eigenvalue weighted by Gasteiger charge is -2.14. The molecule has 3 aromatic rings. The van der Waals surface area contributed by atoms with Gasteiger partial charge in [0, 0.05) is 23.1 Å². The van der Waals surface area contributed by atoms with E-state index in [1.54, 1.807) is 0 Å². The number of hydrogen-bond donors (Lipinski definition) is 1. The number of carbonyl (C=O) groups excluding carboxylic acids is 1. The SMILES string of the molecule is CCCc1ccc(NC(=O)c2cc3ccccc3n2CCCN(C)C)cc1. The van der Waals surface area contributed by atoms with Crippen molar-refractivity contribution >= 4 is 22.5 Å². The van der Waals surface area contributed by atoms with Crippen molar-refractivity contribution in [2.45, 2.75) is 32.7 Å². The molecule has 2 aromatic carbocycles. The fourth-order valence-electron chi connectivity index (χ4n) is 3.42. The largest absolute Gasteiger partial charge is 0.336 e. The van der Waals surface area contributed by atoms with E-state index in [4.69, 9.17) is 0 Å². The van der Waals surface area contributed by atoms with Crippen molar-refractivity contribution in [3.63, 3.8) is 0 Å². The van der Waals surface area contributed by atoms with Gasteiger partial charge < -0.3 is 14.8 Å². The molecular weight excluding hydrogens is 334 g/mol. The van der Waals surface area contributed by atoms with Crippen molar-refractivity contribution in [3.05, 3.63) is 65.9 Å². The number of rotatable bonds is 8. The summed E-state index contributed by atoms with van der Waals surface area (Å²) in [5.41, 5.74) is 3.96. The lowest BCUT2D eigenvalue weighted by molar-refractivity contribution is 0.101. The minimum absolute atomic E-state index is 0.0562. The third-order valence-electron chi connectivity index (χ3n) is 4.78. The first kappa shape index (κ1) is 19.2. The molecule has 0 atom stereocenters. The van der Waals surface area contributed by atoms with Gasteiger partial charge in [-0.3, -0.25) is 4.79 Å². The van der Waals surface area contributed by atoms with Gasteiger partial charge in [-0.2, -0.15) is 0 Å². The number of carbonyl (C=O) groups is 1. The smallest absolute Gasteiger partial charge is 0.272 e. The van der Waals surface area contributed by atoms with Gasteiger partial charge in [-0.15, -0.1) is 0 Å². The Labute approximate surface area is 161 Å². The van der Waals surface area contributed by atoms with Crippen LogP contribution in [0.1, 0.15) is 35.8 Å². The number of benzene rings is 2. The van der Waals surface area contributed by atoms with E-state index in [0.29, 0.717) is 5.69 Å². The van der Waals surface area contributed by atoms with Gasteiger partial charge >= 0.3 is 0 Å². The first-order chi connectivity index (χ1) is 13.1. The second kappa shape index (κ2) is 8.87. The van der Waals surface area contributed by atoms with E-state index in [1.165, 1.54) is 5.56 Å². The maximum atomic E-state index is 13.0. The predicted molar refractivity (Wildman–Crippen MR) is 113 cm³/mol. The second-order valence-electron chi connectivity index (χ2n) is 7.30. The minimum atomic E-state index is -0.0562. The number of nitrogens with zero attached hydrogens (tertiary/aromatic N) is 2. The maximum absolute atomic E-state index is 13.0. The Hall–Kier alpha value is -2.59. The van der Waals surface area contributed by atoms with E-state index in [1.807, 2.05) is 30.3 Å². The summed E-state index contributed by atoms with van der Waals surface area (Å²) < 4.78 is 2.14. The molecular formula is C23H29N3O. The molecule has 0 aliphatic heterocycles. The van der Waals surface area contributed by atoms with E-state index in [2.05, 4.69) is 60.1 Å². The van der Waals surface area contributed by atoms with Crippen molar-refractivity contribution in [1.29, 1.82) is 0 Å². The fraction of sp³-hybridized carbons (Fsp3) is 0.348. The number of aromatic nitrogens is 1. The Bertz CT molecular complexity index is 894. The van der Waals surface area contributed by atoms with Crippen LogP contribution in [0.15, 0.2) is 54.6 Å². The average Bonchev–Trinajstić information content (AvgIpc) is 3.02. The highest BCUT2D eigenvalue weighted by atomic mass is 16.1. The molecule has 1 aromatic heterocycles. The average molecular weight is 364 g/mol. The third kappa shape index (κ3) is 4.77. The first-order valence-electron chi connectivity index (χ1n) is 9.71. The van der Waals surface area contributed by atoms with Gasteiger partial charge in [0.15, 0.2) is 0 Å². The van der Waals surface area contributed by atoms with E-state index < -0.39 is 0 Å². The van der Waals surface area contributed by atoms with Crippen molar-refractivity contribution in [3.8, 4) is 0 Å². The van der Waals surface area contributed by atoms with Gasteiger partial charge in [-0.25, -0.2) is 0 Å². The van der Waals surface area contributed by atoms with Crippen LogP contribution in [-0.2, 0) is 13.0 Å². The van der Waals surface area contributed by atoms with Gasteiger partial charge in [0.05, 0.1) is 0 Å². The molecule has 4 heteroatoms. The van der Waals surface area contributed by atoms with Gasteiger partial charge in [0.25, 0.3) is 5.91 Å². The predicted octanol–water partition coefficient (Wildman–Crippen LogP) is 4.80. The number of fused-ring (bicyclic) bond motifs is 1. The Morgan fingerprint density at radius 1 is 1.07 bits per heavy atom. The van der Waals surface area contributed by atoms with Crippen LogP contribution in [0.3, 0.4) is 0 Å². The number of para-hydroxylation sites is 1. The molecule has 0 saturated carbocycles. The van der Waals surface area contributed by atoms with E-state index in [-0.39, 0.29) is 5.91 Å². The van der Waals surface area contributed by atoms with E-state index in [9.17, 15) is 4.79 Å². The molecule has 4 nitrogen and oxygen atoms in total. The zero-order chi connectivity index (χ0) is 19.2. The van der Waals surface area contributed by atoms with Crippen molar-refractivity contribution in [2.24, 2.45) is 0 Å². The lowest BCUT2D eigenvalue weighted by atomic mass is 10.1. The molecule has 0 fully saturated rings. The summed E-state index contributed by atoms with van der Waals surface area (Å²) in [7, 11) is 4.15. The monoisotopic (exact) mass is 363 g/mol. The van der Waals surface area contributed by atoms with E-state index in [0.717, 1.165) is 48.9 Å². The highest BCUT2D eigenvalue weighted by Gasteiger charge is 2.15. The summed E-state index contributed by atoms with van der Waals surface area (Å²) in [4.78, 5) is 15.1. The molecule has 1 amide bonds. The Morgan fingerprint density at radius 3 is 2.52 bits per heavy atom. The summed E-state index contributed by atoms with van der Waals surface area (Å²) >= 11 is 0. The molecule has 0 saturated heterocycles. The Balaban J connectivity index is 1.82. The summed E-state index contributed by atoms with van der Waals surface area (Å²) in [6, 6.07) is 18.3. The van der Waals surface area contributed by atoms with Gasteiger partial charge in [0.1, 0.15) is 5.69 Å². The normalized spacial score (nSPS) is 11.3.